The second kappa shape index (κ2) is 6.29. The van der Waals surface area contributed by atoms with Gasteiger partial charge in [-0.15, -0.1) is 17.9 Å². The van der Waals surface area contributed by atoms with Crippen LogP contribution >= 0.6 is 11.3 Å². The number of aromatic nitrogens is 1. The molecule has 0 aliphatic carbocycles. The smallest absolute Gasteiger partial charge is 0.263 e. The van der Waals surface area contributed by atoms with Crippen LogP contribution in [0.3, 0.4) is 0 Å². The third kappa shape index (κ3) is 3.51. The van der Waals surface area contributed by atoms with Crippen LogP contribution in [-0.4, -0.2) is 17.4 Å². The molecule has 0 saturated heterocycles. The van der Waals surface area contributed by atoms with E-state index in [0.717, 1.165) is 17.1 Å². The highest BCUT2D eigenvalue weighted by molar-refractivity contribution is 7.13. The average Bonchev–Trinajstić information content (AvgIpc) is 2.78. The van der Waals surface area contributed by atoms with Gasteiger partial charge in [0.2, 0.25) is 0 Å². The van der Waals surface area contributed by atoms with Gasteiger partial charge in [-0.2, -0.15) is 0 Å². The van der Waals surface area contributed by atoms with Crippen LogP contribution in [0.25, 0.3) is 0 Å². The van der Waals surface area contributed by atoms with Gasteiger partial charge in [0.05, 0.1) is 10.7 Å². The molecule has 0 aliphatic rings. The van der Waals surface area contributed by atoms with Gasteiger partial charge in [-0.1, -0.05) is 36.4 Å². The summed E-state index contributed by atoms with van der Waals surface area (Å²) in [6.45, 7) is 5.93. The summed E-state index contributed by atoms with van der Waals surface area (Å²) in [4.78, 5) is 17.1. The predicted molar refractivity (Wildman–Crippen MR) is 78.6 cm³/mol. The van der Waals surface area contributed by atoms with Crippen LogP contribution in [0.4, 0.5) is 0 Å². The third-order valence-electron chi connectivity index (χ3n) is 2.65. The average molecular weight is 272 g/mol. The van der Waals surface area contributed by atoms with Gasteiger partial charge < -0.3 is 5.32 Å². The van der Waals surface area contributed by atoms with Crippen molar-refractivity contribution in [2.24, 2.45) is 0 Å². The Morgan fingerprint density at radius 3 is 2.84 bits per heavy atom. The maximum atomic E-state index is 11.9. The van der Waals surface area contributed by atoms with E-state index in [4.69, 9.17) is 0 Å². The summed E-state index contributed by atoms with van der Waals surface area (Å²) in [5.74, 6) is -0.0748. The molecule has 2 rings (SSSR count). The summed E-state index contributed by atoms with van der Waals surface area (Å²) in [6.07, 6.45) is 2.43. The van der Waals surface area contributed by atoms with Crippen molar-refractivity contribution in [3.8, 4) is 0 Å². The molecular formula is C15H16N2OS. The molecule has 0 fully saturated rings. The first-order valence-corrected chi connectivity index (χ1v) is 6.91. The van der Waals surface area contributed by atoms with E-state index >= 15 is 0 Å². The van der Waals surface area contributed by atoms with E-state index in [1.807, 2.05) is 25.1 Å². The van der Waals surface area contributed by atoms with Crippen molar-refractivity contribution in [3.05, 3.63) is 64.1 Å². The van der Waals surface area contributed by atoms with Gasteiger partial charge in [-0.3, -0.25) is 4.79 Å². The molecule has 1 N–H and O–H groups in total. The zero-order valence-electron chi connectivity index (χ0n) is 10.8. The van der Waals surface area contributed by atoms with Gasteiger partial charge in [-0.05, 0) is 12.5 Å². The molecule has 0 aliphatic heterocycles. The van der Waals surface area contributed by atoms with Gasteiger partial charge in [-0.25, -0.2) is 4.98 Å². The molecule has 4 heteroatoms. The molecule has 0 spiro atoms. The van der Waals surface area contributed by atoms with Crippen LogP contribution in [-0.2, 0) is 6.42 Å². The van der Waals surface area contributed by atoms with Crippen LogP contribution in [0.5, 0.6) is 0 Å². The number of hydrogen-bond donors (Lipinski definition) is 1. The van der Waals surface area contributed by atoms with Crippen molar-refractivity contribution in [2.75, 3.05) is 6.54 Å². The summed E-state index contributed by atoms with van der Waals surface area (Å²) in [5, 5.41) is 3.75. The van der Waals surface area contributed by atoms with Gasteiger partial charge in [0.15, 0.2) is 0 Å². The third-order valence-corrected chi connectivity index (χ3v) is 3.81. The molecule has 1 amide bonds. The van der Waals surface area contributed by atoms with E-state index in [2.05, 4.69) is 29.0 Å². The lowest BCUT2D eigenvalue weighted by Crippen LogP contribution is -2.22. The minimum Gasteiger partial charge on any atom is -0.348 e. The lowest BCUT2D eigenvalue weighted by Gasteiger charge is -1.98. The van der Waals surface area contributed by atoms with Gasteiger partial charge in [0.25, 0.3) is 5.91 Å². The van der Waals surface area contributed by atoms with Crippen LogP contribution in [0.1, 0.15) is 25.9 Å². The van der Waals surface area contributed by atoms with Crippen molar-refractivity contribution in [3.63, 3.8) is 0 Å². The van der Waals surface area contributed by atoms with E-state index in [0.29, 0.717) is 11.4 Å². The SMILES string of the molecule is C=CCNC(=O)c1sc(Cc2ccccc2)nc1C. The van der Waals surface area contributed by atoms with Crippen molar-refractivity contribution in [1.82, 2.24) is 10.3 Å². The van der Waals surface area contributed by atoms with Crippen molar-refractivity contribution >= 4 is 17.2 Å². The van der Waals surface area contributed by atoms with Gasteiger partial charge in [0, 0.05) is 13.0 Å². The molecule has 0 unspecified atom stereocenters. The van der Waals surface area contributed by atoms with E-state index < -0.39 is 0 Å². The lowest BCUT2D eigenvalue weighted by atomic mass is 10.2. The van der Waals surface area contributed by atoms with E-state index in [9.17, 15) is 4.79 Å². The summed E-state index contributed by atoms with van der Waals surface area (Å²) in [5.41, 5.74) is 1.99. The van der Waals surface area contributed by atoms with Crippen LogP contribution < -0.4 is 5.32 Å². The molecule has 1 heterocycles. The fourth-order valence-electron chi connectivity index (χ4n) is 1.75. The molecule has 98 valence electrons. The maximum Gasteiger partial charge on any atom is 0.263 e. The Hall–Kier alpha value is -1.94. The molecule has 19 heavy (non-hydrogen) atoms. The molecule has 2 aromatic rings. The van der Waals surface area contributed by atoms with Gasteiger partial charge >= 0.3 is 0 Å². The van der Waals surface area contributed by atoms with E-state index in [1.54, 1.807) is 6.08 Å². The quantitative estimate of drug-likeness (QED) is 0.850. The first kappa shape index (κ1) is 13.5. The number of aryl methyl sites for hydroxylation is 1. The molecule has 1 aromatic carbocycles. The number of nitrogens with one attached hydrogen (secondary N) is 1. The Bertz CT molecular complexity index is 575. The van der Waals surface area contributed by atoms with Crippen molar-refractivity contribution in [1.29, 1.82) is 0 Å². The standard InChI is InChI=1S/C15H16N2OS/c1-3-9-16-15(18)14-11(2)17-13(19-14)10-12-7-5-4-6-8-12/h3-8H,1,9-10H2,2H3,(H,16,18). The molecule has 1 aromatic heterocycles. The van der Waals surface area contributed by atoms with Crippen LogP contribution in [0.15, 0.2) is 43.0 Å². The fourth-order valence-corrected chi connectivity index (χ4v) is 2.77. The Balaban J connectivity index is 2.12. The van der Waals surface area contributed by atoms with Gasteiger partial charge in [0.1, 0.15) is 4.88 Å². The topological polar surface area (TPSA) is 42.0 Å². The lowest BCUT2D eigenvalue weighted by molar-refractivity contribution is 0.0961. The zero-order chi connectivity index (χ0) is 13.7. The summed E-state index contributed by atoms with van der Waals surface area (Å²) in [7, 11) is 0. The van der Waals surface area contributed by atoms with Crippen LogP contribution in [0, 0.1) is 6.92 Å². The fraction of sp³-hybridized carbons (Fsp3) is 0.200. The van der Waals surface area contributed by atoms with E-state index in [-0.39, 0.29) is 5.91 Å². The normalized spacial score (nSPS) is 10.2. The summed E-state index contributed by atoms with van der Waals surface area (Å²) in [6, 6.07) is 10.1. The first-order valence-electron chi connectivity index (χ1n) is 6.10. The Kier molecular flexibility index (Phi) is 4.47. The number of carbonyl (C=O) groups is 1. The number of rotatable bonds is 5. The Morgan fingerprint density at radius 1 is 1.42 bits per heavy atom. The second-order valence-corrected chi connectivity index (χ2v) is 5.27. The number of carbonyl (C=O) groups excluding carboxylic acids is 1. The molecule has 0 atom stereocenters. The predicted octanol–water partition coefficient (Wildman–Crippen LogP) is 2.96. The molecule has 3 nitrogen and oxygen atoms in total. The largest absolute Gasteiger partial charge is 0.348 e. The van der Waals surface area contributed by atoms with Crippen LogP contribution in [0.2, 0.25) is 0 Å². The number of benzene rings is 1. The number of hydrogen-bond acceptors (Lipinski definition) is 3. The number of nitrogens with zero attached hydrogens (tertiary/aromatic N) is 1. The summed E-state index contributed by atoms with van der Waals surface area (Å²) < 4.78 is 0. The second-order valence-electron chi connectivity index (χ2n) is 4.18. The summed E-state index contributed by atoms with van der Waals surface area (Å²) >= 11 is 1.46. The highest BCUT2D eigenvalue weighted by atomic mass is 32.1. The first-order chi connectivity index (χ1) is 9.20. The van der Waals surface area contributed by atoms with Crippen molar-refractivity contribution in [2.45, 2.75) is 13.3 Å². The minimum atomic E-state index is -0.0748. The number of amides is 1. The molecule has 0 bridgehead atoms. The Labute approximate surface area is 117 Å². The number of thiazole rings is 1. The molecule has 0 radical (unpaired) electrons. The minimum absolute atomic E-state index is 0.0748. The zero-order valence-corrected chi connectivity index (χ0v) is 11.7. The van der Waals surface area contributed by atoms with E-state index in [1.165, 1.54) is 16.9 Å². The maximum absolute atomic E-state index is 11.9. The monoisotopic (exact) mass is 272 g/mol. The highest BCUT2D eigenvalue weighted by Crippen LogP contribution is 2.20. The highest BCUT2D eigenvalue weighted by Gasteiger charge is 2.14. The molecule has 0 saturated carbocycles. The van der Waals surface area contributed by atoms with Crippen molar-refractivity contribution < 1.29 is 4.79 Å². The Morgan fingerprint density at radius 2 is 2.16 bits per heavy atom. The molecular weight excluding hydrogens is 256 g/mol.